The molecular formula is C18H15ClN2O4. The van der Waals surface area contributed by atoms with Crippen molar-refractivity contribution in [1.29, 1.82) is 0 Å². The van der Waals surface area contributed by atoms with E-state index in [2.05, 4.69) is 5.32 Å². The molecule has 1 amide bonds. The lowest BCUT2D eigenvalue weighted by atomic mass is 10.1. The molecule has 0 atom stereocenters. The topological polar surface area (TPSA) is 80.6 Å². The van der Waals surface area contributed by atoms with Crippen molar-refractivity contribution in [1.82, 2.24) is 4.57 Å². The number of ether oxygens (including phenoxy) is 1. The van der Waals surface area contributed by atoms with Crippen LogP contribution in [-0.2, 0) is 11.2 Å². The van der Waals surface area contributed by atoms with Gasteiger partial charge in [-0.2, -0.15) is 0 Å². The van der Waals surface area contributed by atoms with Gasteiger partial charge in [-0.15, -0.1) is 0 Å². The Kier molecular flexibility index (Phi) is 4.63. The normalized spacial score (nSPS) is 10.6. The molecule has 0 saturated heterocycles. The number of hydrogen-bond donors (Lipinski definition) is 2. The van der Waals surface area contributed by atoms with Gasteiger partial charge >= 0.3 is 12.0 Å². The zero-order valence-electron chi connectivity index (χ0n) is 13.3. The largest absolute Gasteiger partial charge is 0.497 e. The molecule has 2 N–H and O–H groups in total. The molecule has 128 valence electrons. The molecule has 0 radical (unpaired) electrons. The van der Waals surface area contributed by atoms with Gasteiger partial charge in [-0.05, 0) is 48.0 Å². The number of benzene rings is 2. The number of fused-ring (bicyclic) bond motifs is 1. The van der Waals surface area contributed by atoms with Crippen molar-refractivity contribution in [2.75, 3.05) is 12.4 Å². The number of aliphatic carboxylic acids is 1. The molecule has 3 rings (SSSR count). The highest BCUT2D eigenvalue weighted by Crippen LogP contribution is 2.27. The fourth-order valence-electron chi connectivity index (χ4n) is 2.59. The summed E-state index contributed by atoms with van der Waals surface area (Å²) >= 11 is 5.84. The number of nitrogens with one attached hydrogen (secondary N) is 1. The van der Waals surface area contributed by atoms with Crippen LogP contribution in [0.15, 0.2) is 48.7 Å². The van der Waals surface area contributed by atoms with Gasteiger partial charge in [-0.3, -0.25) is 9.36 Å². The summed E-state index contributed by atoms with van der Waals surface area (Å²) in [6, 6.07) is 11.5. The Balaban J connectivity index is 2.01. The molecule has 2 aromatic carbocycles. The van der Waals surface area contributed by atoms with Crippen molar-refractivity contribution in [3.05, 3.63) is 59.2 Å². The lowest BCUT2D eigenvalue weighted by Crippen LogP contribution is -2.18. The van der Waals surface area contributed by atoms with Crippen LogP contribution in [0, 0.1) is 0 Å². The number of hydrogen-bond acceptors (Lipinski definition) is 3. The van der Waals surface area contributed by atoms with Crippen molar-refractivity contribution in [2.24, 2.45) is 0 Å². The first-order valence-electron chi connectivity index (χ1n) is 7.44. The smallest absolute Gasteiger partial charge is 0.330 e. The average molecular weight is 359 g/mol. The Hall–Kier alpha value is -2.99. The zero-order valence-corrected chi connectivity index (χ0v) is 14.1. The van der Waals surface area contributed by atoms with Crippen LogP contribution in [0.4, 0.5) is 10.5 Å². The SMILES string of the molecule is COc1ccc2c(c1)c(CC(=O)O)cn2C(=O)Nc1ccc(Cl)cc1. The average Bonchev–Trinajstić information content (AvgIpc) is 2.94. The number of rotatable bonds is 4. The van der Waals surface area contributed by atoms with E-state index in [-0.39, 0.29) is 6.42 Å². The van der Waals surface area contributed by atoms with Gasteiger partial charge in [0.15, 0.2) is 0 Å². The fourth-order valence-corrected chi connectivity index (χ4v) is 2.72. The van der Waals surface area contributed by atoms with E-state index >= 15 is 0 Å². The van der Waals surface area contributed by atoms with Crippen LogP contribution in [0.25, 0.3) is 10.9 Å². The fraction of sp³-hybridized carbons (Fsp3) is 0.111. The number of aromatic nitrogens is 1. The molecule has 1 aromatic heterocycles. The predicted molar refractivity (Wildman–Crippen MR) is 95.7 cm³/mol. The standard InChI is InChI=1S/C18H15ClN2O4/c1-25-14-6-7-16-15(9-14)11(8-17(22)23)10-21(16)18(24)20-13-4-2-12(19)3-5-13/h2-7,9-10H,8H2,1H3,(H,20,24)(H,22,23). The summed E-state index contributed by atoms with van der Waals surface area (Å²) in [6.07, 6.45) is 1.34. The number of carbonyl (C=O) groups is 2. The molecule has 0 aliphatic heterocycles. The highest BCUT2D eigenvalue weighted by atomic mass is 35.5. The molecule has 0 spiro atoms. The third-order valence-corrected chi connectivity index (χ3v) is 4.00. The lowest BCUT2D eigenvalue weighted by Gasteiger charge is -2.07. The Labute approximate surface area is 148 Å². The number of halogens is 1. The van der Waals surface area contributed by atoms with E-state index in [9.17, 15) is 9.59 Å². The molecule has 7 heteroatoms. The van der Waals surface area contributed by atoms with Gasteiger partial charge in [0.05, 0.1) is 19.0 Å². The number of nitrogens with zero attached hydrogens (tertiary/aromatic N) is 1. The van der Waals surface area contributed by atoms with E-state index in [1.807, 2.05) is 0 Å². The maximum Gasteiger partial charge on any atom is 0.330 e. The van der Waals surface area contributed by atoms with Crippen LogP contribution in [0.2, 0.25) is 5.02 Å². The molecule has 0 unspecified atom stereocenters. The highest BCUT2D eigenvalue weighted by molar-refractivity contribution is 6.30. The first-order chi connectivity index (χ1) is 12.0. The molecule has 0 bridgehead atoms. The zero-order chi connectivity index (χ0) is 18.0. The van der Waals surface area contributed by atoms with Crippen LogP contribution in [-0.4, -0.2) is 28.8 Å². The van der Waals surface area contributed by atoms with Gasteiger partial charge < -0.3 is 15.2 Å². The number of carboxylic acids is 1. The number of anilines is 1. The van der Waals surface area contributed by atoms with Crippen LogP contribution in [0.3, 0.4) is 0 Å². The van der Waals surface area contributed by atoms with Crippen molar-refractivity contribution in [3.63, 3.8) is 0 Å². The third-order valence-electron chi connectivity index (χ3n) is 3.75. The third kappa shape index (κ3) is 3.59. The van der Waals surface area contributed by atoms with Crippen LogP contribution >= 0.6 is 11.6 Å². The quantitative estimate of drug-likeness (QED) is 0.738. The maximum atomic E-state index is 12.6. The molecule has 0 saturated carbocycles. The first kappa shape index (κ1) is 16.9. The summed E-state index contributed by atoms with van der Waals surface area (Å²) < 4.78 is 6.58. The minimum absolute atomic E-state index is 0.190. The van der Waals surface area contributed by atoms with Gasteiger partial charge in [-0.25, -0.2) is 4.79 Å². The monoisotopic (exact) mass is 358 g/mol. The summed E-state index contributed by atoms with van der Waals surface area (Å²) in [5.74, 6) is -0.380. The van der Waals surface area contributed by atoms with E-state index in [1.54, 1.807) is 42.5 Å². The Morgan fingerprint density at radius 3 is 2.56 bits per heavy atom. The van der Waals surface area contributed by atoms with E-state index in [4.69, 9.17) is 21.4 Å². The molecule has 25 heavy (non-hydrogen) atoms. The molecule has 0 aliphatic rings. The van der Waals surface area contributed by atoms with E-state index in [1.165, 1.54) is 17.9 Å². The molecule has 0 aliphatic carbocycles. The Morgan fingerprint density at radius 2 is 1.92 bits per heavy atom. The molecule has 3 aromatic rings. The molecule has 1 heterocycles. The van der Waals surface area contributed by atoms with Gasteiger partial charge in [0.2, 0.25) is 0 Å². The number of amides is 1. The summed E-state index contributed by atoms with van der Waals surface area (Å²) in [6.45, 7) is 0. The molecule has 0 fully saturated rings. The Bertz CT molecular complexity index is 948. The van der Waals surface area contributed by atoms with Crippen LogP contribution < -0.4 is 10.1 Å². The minimum Gasteiger partial charge on any atom is -0.497 e. The van der Waals surface area contributed by atoms with Gasteiger partial charge in [0.1, 0.15) is 5.75 Å². The minimum atomic E-state index is -0.972. The molecule has 6 nitrogen and oxygen atoms in total. The summed E-state index contributed by atoms with van der Waals surface area (Å²) in [4.78, 5) is 23.7. The van der Waals surface area contributed by atoms with Crippen molar-refractivity contribution in [3.8, 4) is 5.75 Å². The molecular weight excluding hydrogens is 344 g/mol. The number of methoxy groups -OCH3 is 1. The number of carboxylic acid groups (broad SMARTS) is 1. The lowest BCUT2D eigenvalue weighted by molar-refractivity contribution is -0.136. The van der Waals surface area contributed by atoms with Crippen molar-refractivity contribution < 1.29 is 19.4 Å². The van der Waals surface area contributed by atoms with Crippen LogP contribution in [0.5, 0.6) is 5.75 Å². The second kappa shape index (κ2) is 6.86. The van der Waals surface area contributed by atoms with Gasteiger partial charge in [0.25, 0.3) is 0 Å². The Morgan fingerprint density at radius 1 is 1.20 bits per heavy atom. The summed E-state index contributed by atoms with van der Waals surface area (Å²) in [5.41, 5.74) is 1.72. The highest BCUT2D eigenvalue weighted by Gasteiger charge is 2.16. The summed E-state index contributed by atoms with van der Waals surface area (Å²) in [7, 11) is 1.53. The van der Waals surface area contributed by atoms with Crippen LogP contribution in [0.1, 0.15) is 5.56 Å². The van der Waals surface area contributed by atoms with E-state index < -0.39 is 12.0 Å². The van der Waals surface area contributed by atoms with Crippen molar-refractivity contribution >= 4 is 40.2 Å². The maximum absolute atomic E-state index is 12.6. The van der Waals surface area contributed by atoms with E-state index in [0.29, 0.717) is 32.9 Å². The predicted octanol–water partition coefficient (Wildman–Crippen LogP) is 4.01. The first-order valence-corrected chi connectivity index (χ1v) is 7.82. The van der Waals surface area contributed by atoms with E-state index in [0.717, 1.165) is 0 Å². The summed E-state index contributed by atoms with van der Waals surface area (Å²) in [5, 5.41) is 13.1. The number of carbonyl (C=O) groups excluding carboxylic acids is 1. The van der Waals surface area contributed by atoms with Crippen molar-refractivity contribution in [2.45, 2.75) is 6.42 Å². The second-order valence-corrected chi connectivity index (χ2v) is 5.85. The second-order valence-electron chi connectivity index (χ2n) is 5.41. The van der Waals surface area contributed by atoms with Gasteiger partial charge in [-0.1, -0.05) is 11.6 Å². The van der Waals surface area contributed by atoms with Gasteiger partial charge in [0, 0.05) is 22.3 Å².